The van der Waals surface area contributed by atoms with Crippen LogP contribution in [0.1, 0.15) is 17.2 Å². The maximum atomic E-state index is 11.8. The number of hydrogen-bond acceptors (Lipinski definition) is 4. The summed E-state index contributed by atoms with van der Waals surface area (Å²) in [6.45, 7) is 0. The highest BCUT2D eigenvalue weighted by atomic mass is 16.3. The summed E-state index contributed by atoms with van der Waals surface area (Å²) in [5.41, 5.74) is 4.81. The van der Waals surface area contributed by atoms with Crippen LogP contribution in [-0.2, 0) is 4.79 Å². The van der Waals surface area contributed by atoms with Gasteiger partial charge < -0.3 is 10.0 Å². The summed E-state index contributed by atoms with van der Waals surface area (Å²) in [4.78, 5) is 13.8. The summed E-state index contributed by atoms with van der Waals surface area (Å²) < 4.78 is 0. The molecule has 0 radical (unpaired) electrons. The Morgan fingerprint density at radius 1 is 1.14 bits per heavy atom. The molecule has 0 fully saturated rings. The highest BCUT2D eigenvalue weighted by Crippen LogP contribution is 2.12. The molecule has 2 N–H and O–H groups in total. The molecule has 0 bridgehead atoms. The molecule has 2 aromatic rings. The number of anilines is 1. The first-order chi connectivity index (χ1) is 10.6. The lowest BCUT2D eigenvalue weighted by Crippen LogP contribution is -2.25. The Morgan fingerprint density at radius 2 is 1.77 bits per heavy atom. The fraction of sp³-hybridized carbons (Fsp3) is 0.176. The van der Waals surface area contributed by atoms with Gasteiger partial charge in [-0.3, -0.25) is 4.79 Å². The monoisotopic (exact) mass is 297 g/mol. The molecule has 114 valence electrons. The molecule has 5 heteroatoms. The van der Waals surface area contributed by atoms with Crippen LogP contribution in [0.2, 0.25) is 0 Å². The second-order valence-electron chi connectivity index (χ2n) is 5.03. The zero-order valence-corrected chi connectivity index (χ0v) is 12.6. The number of hydrogen-bond donors (Lipinski definition) is 2. The Labute approximate surface area is 129 Å². The van der Waals surface area contributed by atoms with Crippen molar-refractivity contribution in [3.8, 4) is 0 Å². The minimum Gasteiger partial charge on any atom is -0.378 e. The predicted molar refractivity (Wildman–Crippen MR) is 87.9 cm³/mol. The summed E-state index contributed by atoms with van der Waals surface area (Å²) in [5, 5.41) is 13.8. The smallest absolute Gasteiger partial charge is 0.273 e. The highest BCUT2D eigenvalue weighted by molar-refractivity contribution is 5.85. The lowest BCUT2D eigenvalue weighted by atomic mass is 10.1. The highest BCUT2D eigenvalue weighted by Gasteiger charge is 2.15. The van der Waals surface area contributed by atoms with Crippen LogP contribution in [0.3, 0.4) is 0 Å². The van der Waals surface area contributed by atoms with Crippen molar-refractivity contribution >= 4 is 17.8 Å². The van der Waals surface area contributed by atoms with Crippen molar-refractivity contribution in [1.29, 1.82) is 0 Å². The van der Waals surface area contributed by atoms with E-state index in [0.717, 1.165) is 11.3 Å². The van der Waals surface area contributed by atoms with Crippen LogP contribution in [0.4, 0.5) is 5.69 Å². The summed E-state index contributed by atoms with van der Waals surface area (Å²) in [5.74, 6) is -0.563. The zero-order valence-electron chi connectivity index (χ0n) is 12.6. The van der Waals surface area contributed by atoms with Crippen molar-refractivity contribution in [1.82, 2.24) is 5.43 Å². The first-order valence-electron chi connectivity index (χ1n) is 6.91. The summed E-state index contributed by atoms with van der Waals surface area (Å²) in [7, 11) is 3.93. The van der Waals surface area contributed by atoms with Gasteiger partial charge in [-0.05, 0) is 23.3 Å². The van der Waals surface area contributed by atoms with Crippen LogP contribution in [-0.4, -0.2) is 31.3 Å². The summed E-state index contributed by atoms with van der Waals surface area (Å²) >= 11 is 0. The quantitative estimate of drug-likeness (QED) is 0.655. The van der Waals surface area contributed by atoms with Crippen LogP contribution < -0.4 is 10.3 Å². The van der Waals surface area contributed by atoms with Gasteiger partial charge in [-0.1, -0.05) is 42.5 Å². The van der Waals surface area contributed by atoms with Crippen molar-refractivity contribution in [2.24, 2.45) is 5.10 Å². The number of nitrogens with one attached hydrogen (secondary N) is 1. The van der Waals surface area contributed by atoms with Crippen LogP contribution in [0.15, 0.2) is 59.7 Å². The Bertz CT molecular complexity index is 637. The van der Waals surface area contributed by atoms with Gasteiger partial charge in [0, 0.05) is 19.8 Å². The van der Waals surface area contributed by atoms with Gasteiger partial charge >= 0.3 is 0 Å². The minimum atomic E-state index is -1.23. The Balaban J connectivity index is 1.93. The van der Waals surface area contributed by atoms with E-state index in [1.807, 2.05) is 49.3 Å². The number of carbonyl (C=O) groups is 1. The molecule has 0 saturated carbocycles. The topological polar surface area (TPSA) is 64.9 Å². The maximum Gasteiger partial charge on any atom is 0.273 e. The molecular weight excluding hydrogens is 278 g/mol. The first-order valence-corrected chi connectivity index (χ1v) is 6.91. The van der Waals surface area contributed by atoms with Gasteiger partial charge in [-0.15, -0.1) is 0 Å². The Hall–Kier alpha value is -2.66. The molecule has 0 aliphatic rings. The molecule has 0 saturated heterocycles. The van der Waals surface area contributed by atoms with Gasteiger partial charge in [0.2, 0.25) is 0 Å². The van der Waals surface area contributed by atoms with Crippen molar-refractivity contribution in [3.63, 3.8) is 0 Å². The average molecular weight is 297 g/mol. The van der Waals surface area contributed by atoms with Gasteiger partial charge in [0.15, 0.2) is 6.10 Å². The number of benzene rings is 2. The van der Waals surface area contributed by atoms with Gasteiger partial charge in [0.25, 0.3) is 5.91 Å². The zero-order chi connectivity index (χ0) is 15.9. The standard InChI is InChI=1S/C17H19N3O2/c1-20(2)15-10-8-13(9-11-15)12-18-19-17(22)16(21)14-6-4-3-5-7-14/h3-12,16,21H,1-2H3,(H,19,22)/b18-12-/t16-/m0/s1. The molecule has 0 aliphatic heterocycles. The molecule has 0 spiro atoms. The van der Waals surface area contributed by atoms with E-state index in [4.69, 9.17) is 0 Å². The first kappa shape index (κ1) is 15.7. The molecule has 5 nitrogen and oxygen atoms in total. The van der Waals surface area contributed by atoms with E-state index in [0.29, 0.717) is 5.56 Å². The number of rotatable bonds is 5. The second kappa shape index (κ2) is 7.38. The normalized spacial score (nSPS) is 12.1. The fourth-order valence-corrected chi connectivity index (χ4v) is 1.88. The molecule has 2 aromatic carbocycles. The third-order valence-electron chi connectivity index (χ3n) is 3.16. The lowest BCUT2D eigenvalue weighted by molar-refractivity contribution is -0.129. The number of carbonyl (C=O) groups excluding carboxylic acids is 1. The second-order valence-corrected chi connectivity index (χ2v) is 5.03. The number of hydrazone groups is 1. The maximum absolute atomic E-state index is 11.8. The van der Waals surface area contributed by atoms with Crippen molar-refractivity contribution in [3.05, 3.63) is 65.7 Å². The van der Waals surface area contributed by atoms with Gasteiger partial charge in [-0.2, -0.15) is 5.10 Å². The SMILES string of the molecule is CN(C)c1ccc(/C=N\NC(=O)[C@@H](O)c2ccccc2)cc1. The molecule has 1 atom stereocenters. The van der Waals surface area contributed by atoms with Gasteiger partial charge in [-0.25, -0.2) is 5.43 Å². The van der Waals surface area contributed by atoms with Crippen molar-refractivity contribution in [2.45, 2.75) is 6.10 Å². The number of aliphatic hydroxyl groups excluding tert-OH is 1. The Morgan fingerprint density at radius 3 is 2.36 bits per heavy atom. The number of amides is 1. The third kappa shape index (κ3) is 4.17. The molecule has 0 aliphatic carbocycles. The molecule has 0 unspecified atom stereocenters. The molecule has 2 rings (SSSR count). The molecule has 22 heavy (non-hydrogen) atoms. The van der Waals surface area contributed by atoms with E-state index in [1.54, 1.807) is 24.3 Å². The predicted octanol–water partition coefficient (Wildman–Crippen LogP) is 1.94. The van der Waals surface area contributed by atoms with E-state index in [1.165, 1.54) is 6.21 Å². The van der Waals surface area contributed by atoms with Crippen molar-refractivity contribution < 1.29 is 9.90 Å². The molecule has 0 heterocycles. The van der Waals surface area contributed by atoms with Crippen LogP contribution in [0.5, 0.6) is 0 Å². The minimum absolute atomic E-state index is 0.533. The van der Waals surface area contributed by atoms with Crippen LogP contribution >= 0.6 is 0 Å². The molecule has 0 aromatic heterocycles. The van der Waals surface area contributed by atoms with E-state index in [-0.39, 0.29) is 0 Å². The molecule has 1 amide bonds. The van der Waals surface area contributed by atoms with E-state index in [2.05, 4.69) is 10.5 Å². The van der Waals surface area contributed by atoms with Gasteiger partial charge in [0.1, 0.15) is 0 Å². The van der Waals surface area contributed by atoms with Gasteiger partial charge in [0.05, 0.1) is 6.21 Å². The number of nitrogens with zero attached hydrogens (tertiary/aromatic N) is 2. The van der Waals surface area contributed by atoms with E-state index >= 15 is 0 Å². The third-order valence-corrected chi connectivity index (χ3v) is 3.16. The van der Waals surface area contributed by atoms with Crippen LogP contribution in [0, 0.1) is 0 Å². The summed E-state index contributed by atoms with van der Waals surface area (Å²) in [6, 6.07) is 16.5. The number of aliphatic hydroxyl groups is 1. The lowest BCUT2D eigenvalue weighted by Gasteiger charge is -2.11. The Kier molecular flexibility index (Phi) is 5.27. The largest absolute Gasteiger partial charge is 0.378 e. The van der Waals surface area contributed by atoms with E-state index < -0.39 is 12.0 Å². The average Bonchev–Trinajstić information content (AvgIpc) is 2.55. The summed E-state index contributed by atoms with van der Waals surface area (Å²) in [6.07, 6.45) is 0.309. The van der Waals surface area contributed by atoms with Crippen molar-refractivity contribution in [2.75, 3.05) is 19.0 Å². The van der Waals surface area contributed by atoms with E-state index in [9.17, 15) is 9.90 Å². The van der Waals surface area contributed by atoms with Crippen LogP contribution in [0.25, 0.3) is 0 Å². The fourth-order valence-electron chi connectivity index (χ4n) is 1.88. The molecular formula is C17H19N3O2.